The van der Waals surface area contributed by atoms with Gasteiger partial charge in [-0.2, -0.15) is 0 Å². The van der Waals surface area contributed by atoms with Crippen molar-refractivity contribution >= 4 is 40.9 Å². The lowest BCUT2D eigenvalue weighted by Crippen LogP contribution is -2.36. The largest absolute Gasteiger partial charge is 0.492 e. The van der Waals surface area contributed by atoms with E-state index in [1.165, 1.54) is 0 Å². The molecule has 1 aliphatic heterocycles. The van der Waals surface area contributed by atoms with Gasteiger partial charge in [0.15, 0.2) is 0 Å². The number of amides is 1. The molecule has 0 bridgehead atoms. The standard InChI is InChI=1S/C21H20ClN3O2.ClH/c22-14-7-8-16-17(12-14)24-20(23-16)21(9-10-21)25-19(26)15-6-3-5-13-4-1-2-11-27-18(13)15;/h3,5-8,12H,1-2,4,9-11H2,(H,23,24)(H,25,26);1H. The molecule has 146 valence electrons. The number of ether oxygens (including phenoxy) is 1. The Morgan fingerprint density at radius 1 is 1.21 bits per heavy atom. The van der Waals surface area contributed by atoms with Crippen LogP contribution in [0.1, 0.15) is 47.4 Å². The molecule has 2 heterocycles. The first-order chi connectivity index (χ1) is 13.1. The van der Waals surface area contributed by atoms with Crippen molar-refractivity contribution in [3.05, 3.63) is 58.4 Å². The molecule has 0 radical (unpaired) electrons. The van der Waals surface area contributed by atoms with Crippen molar-refractivity contribution in [2.75, 3.05) is 6.61 Å². The van der Waals surface area contributed by atoms with E-state index in [0.29, 0.717) is 17.2 Å². The van der Waals surface area contributed by atoms with Crippen molar-refractivity contribution in [2.45, 2.75) is 37.6 Å². The number of carbonyl (C=O) groups excluding carboxylic acids is 1. The van der Waals surface area contributed by atoms with Gasteiger partial charge in [-0.3, -0.25) is 4.79 Å². The summed E-state index contributed by atoms with van der Waals surface area (Å²) in [7, 11) is 0. The molecule has 5 nitrogen and oxygen atoms in total. The van der Waals surface area contributed by atoms with E-state index in [4.69, 9.17) is 16.3 Å². The van der Waals surface area contributed by atoms with E-state index in [-0.39, 0.29) is 18.3 Å². The second-order valence-corrected chi connectivity index (χ2v) is 7.82. The summed E-state index contributed by atoms with van der Waals surface area (Å²) < 4.78 is 5.90. The molecule has 2 aromatic carbocycles. The van der Waals surface area contributed by atoms with E-state index < -0.39 is 5.54 Å². The zero-order valence-electron chi connectivity index (χ0n) is 15.3. The van der Waals surface area contributed by atoms with E-state index in [2.05, 4.69) is 15.3 Å². The summed E-state index contributed by atoms with van der Waals surface area (Å²) >= 11 is 6.07. The van der Waals surface area contributed by atoms with Gasteiger partial charge in [-0.15, -0.1) is 12.4 Å². The number of nitrogens with zero attached hydrogens (tertiary/aromatic N) is 1. The number of benzene rings is 2. The molecule has 5 rings (SSSR count). The lowest BCUT2D eigenvalue weighted by molar-refractivity contribution is 0.0924. The van der Waals surface area contributed by atoms with Crippen molar-refractivity contribution in [1.82, 2.24) is 15.3 Å². The Bertz CT molecular complexity index is 1040. The summed E-state index contributed by atoms with van der Waals surface area (Å²) in [6.45, 7) is 0.659. The molecule has 1 saturated carbocycles. The van der Waals surface area contributed by atoms with Crippen LogP contribution in [0.2, 0.25) is 5.02 Å². The molecule has 0 saturated heterocycles. The highest BCUT2D eigenvalue weighted by molar-refractivity contribution is 6.31. The van der Waals surface area contributed by atoms with Gasteiger partial charge in [-0.05, 0) is 61.9 Å². The number of imidazole rings is 1. The fraction of sp³-hybridized carbons (Fsp3) is 0.333. The fourth-order valence-corrected chi connectivity index (χ4v) is 3.93. The van der Waals surface area contributed by atoms with E-state index in [1.807, 2.05) is 36.4 Å². The summed E-state index contributed by atoms with van der Waals surface area (Å²) in [6.07, 6.45) is 4.78. The highest BCUT2D eigenvalue weighted by Crippen LogP contribution is 2.45. The number of hydrogen-bond donors (Lipinski definition) is 2. The summed E-state index contributed by atoms with van der Waals surface area (Å²) in [4.78, 5) is 21.1. The van der Waals surface area contributed by atoms with Crippen molar-refractivity contribution in [3.8, 4) is 5.75 Å². The Balaban J connectivity index is 0.00000192. The molecule has 1 aromatic heterocycles. The zero-order chi connectivity index (χ0) is 18.4. The van der Waals surface area contributed by atoms with Gasteiger partial charge < -0.3 is 15.0 Å². The maximum atomic E-state index is 13.1. The number of hydrogen-bond acceptors (Lipinski definition) is 3. The van der Waals surface area contributed by atoms with Crippen LogP contribution in [0, 0.1) is 0 Å². The Kier molecular flexibility index (Phi) is 4.98. The topological polar surface area (TPSA) is 67.0 Å². The summed E-state index contributed by atoms with van der Waals surface area (Å²) in [6, 6.07) is 11.4. The number of aromatic nitrogens is 2. The smallest absolute Gasteiger partial charge is 0.255 e. The predicted molar refractivity (Wildman–Crippen MR) is 112 cm³/mol. The Morgan fingerprint density at radius 2 is 2.07 bits per heavy atom. The van der Waals surface area contributed by atoms with Crippen LogP contribution in [0.4, 0.5) is 0 Å². The number of aromatic amines is 1. The monoisotopic (exact) mass is 417 g/mol. The van der Waals surface area contributed by atoms with Crippen LogP contribution in [0.15, 0.2) is 36.4 Å². The quantitative estimate of drug-likeness (QED) is 0.644. The molecule has 0 atom stereocenters. The predicted octanol–water partition coefficient (Wildman–Crippen LogP) is 4.77. The van der Waals surface area contributed by atoms with Crippen LogP contribution in [-0.4, -0.2) is 22.5 Å². The van der Waals surface area contributed by atoms with Gasteiger partial charge in [-0.25, -0.2) is 4.98 Å². The highest BCUT2D eigenvalue weighted by Gasteiger charge is 2.49. The summed E-state index contributed by atoms with van der Waals surface area (Å²) in [5, 5.41) is 3.86. The molecule has 28 heavy (non-hydrogen) atoms. The van der Waals surface area contributed by atoms with Gasteiger partial charge in [-0.1, -0.05) is 23.7 Å². The molecule has 2 aliphatic rings. The third-order valence-corrected chi connectivity index (χ3v) is 5.66. The number of para-hydroxylation sites is 1. The number of aryl methyl sites for hydroxylation is 1. The summed E-state index contributed by atoms with van der Waals surface area (Å²) in [5.41, 5.74) is 3.03. The third-order valence-electron chi connectivity index (χ3n) is 5.43. The van der Waals surface area contributed by atoms with Gasteiger partial charge >= 0.3 is 0 Å². The lowest BCUT2D eigenvalue weighted by Gasteiger charge is -2.17. The normalized spacial score (nSPS) is 17.0. The number of nitrogens with one attached hydrogen (secondary N) is 2. The molecule has 0 unspecified atom stereocenters. The molecular weight excluding hydrogens is 397 g/mol. The minimum Gasteiger partial charge on any atom is -0.492 e. The van der Waals surface area contributed by atoms with Crippen LogP contribution >= 0.6 is 24.0 Å². The minimum absolute atomic E-state index is 0. The van der Waals surface area contributed by atoms with Crippen molar-refractivity contribution in [2.24, 2.45) is 0 Å². The Hall–Kier alpha value is -2.24. The average molecular weight is 418 g/mol. The van der Waals surface area contributed by atoms with Crippen LogP contribution in [0.25, 0.3) is 11.0 Å². The molecule has 1 amide bonds. The van der Waals surface area contributed by atoms with E-state index in [1.54, 1.807) is 0 Å². The van der Waals surface area contributed by atoms with E-state index in [0.717, 1.165) is 60.3 Å². The summed E-state index contributed by atoms with van der Waals surface area (Å²) in [5.74, 6) is 1.42. The van der Waals surface area contributed by atoms with Crippen LogP contribution in [0.5, 0.6) is 5.75 Å². The van der Waals surface area contributed by atoms with E-state index in [9.17, 15) is 4.79 Å². The highest BCUT2D eigenvalue weighted by atomic mass is 35.5. The van der Waals surface area contributed by atoms with E-state index >= 15 is 0 Å². The Morgan fingerprint density at radius 3 is 2.89 bits per heavy atom. The number of H-pyrrole nitrogens is 1. The van der Waals surface area contributed by atoms with Gasteiger partial charge in [0, 0.05) is 5.02 Å². The molecule has 1 fully saturated rings. The molecule has 3 aromatic rings. The molecule has 2 N–H and O–H groups in total. The second-order valence-electron chi connectivity index (χ2n) is 7.38. The number of carbonyl (C=O) groups is 1. The first-order valence-corrected chi connectivity index (χ1v) is 9.75. The number of fused-ring (bicyclic) bond motifs is 2. The Labute approximate surface area is 174 Å². The average Bonchev–Trinajstić information content (AvgIpc) is 3.38. The van der Waals surface area contributed by atoms with Crippen molar-refractivity contribution in [3.63, 3.8) is 0 Å². The molecule has 7 heteroatoms. The van der Waals surface area contributed by atoms with Crippen molar-refractivity contribution in [1.29, 1.82) is 0 Å². The maximum absolute atomic E-state index is 13.1. The number of halogens is 2. The third kappa shape index (κ3) is 3.33. The van der Waals surface area contributed by atoms with Gasteiger partial charge in [0.1, 0.15) is 11.6 Å². The molecule has 1 aliphatic carbocycles. The van der Waals surface area contributed by atoms with Gasteiger partial charge in [0.25, 0.3) is 5.91 Å². The first kappa shape index (κ1) is 19.1. The minimum atomic E-state index is -0.434. The SMILES string of the molecule is Cl.O=C(NC1(c2nc3ccc(Cl)cc3[nH]2)CC1)c1cccc2c1OCCCC2. The number of rotatable bonds is 3. The zero-order valence-corrected chi connectivity index (χ0v) is 16.8. The molecule has 0 spiro atoms. The van der Waals surface area contributed by atoms with Crippen molar-refractivity contribution < 1.29 is 9.53 Å². The maximum Gasteiger partial charge on any atom is 0.255 e. The van der Waals surface area contributed by atoms with Gasteiger partial charge in [0.05, 0.1) is 28.7 Å². The second kappa shape index (κ2) is 7.30. The van der Waals surface area contributed by atoms with Crippen LogP contribution in [0.3, 0.4) is 0 Å². The molecular formula is C21H21Cl2N3O2. The first-order valence-electron chi connectivity index (χ1n) is 9.38. The fourth-order valence-electron chi connectivity index (χ4n) is 3.76. The van der Waals surface area contributed by atoms with Crippen LogP contribution < -0.4 is 10.1 Å². The lowest BCUT2D eigenvalue weighted by atomic mass is 10.0. The van der Waals surface area contributed by atoms with Crippen LogP contribution in [-0.2, 0) is 12.0 Å². The van der Waals surface area contributed by atoms with Gasteiger partial charge in [0.2, 0.25) is 0 Å².